The summed E-state index contributed by atoms with van der Waals surface area (Å²) in [5, 5.41) is 23.0. The first-order valence-corrected chi connectivity index (χ1v) is 9.85. The van der Waals surface area contributed by atoms with Crippen molar-refractivity contribution < 1.29 is 24.4 Å². The topological polar surface area (TPSA) is 108 Å². The van der Waals surface area contributed by atoms with Gasteiger partial charge in [0.1, 0.15) is 5.75 Å². The molecule has 0 aliphatic rings. The molecule has 0 radical (unpaired) electrons. The Kier molecular flexibility index (Phi) is 11.3. The van der Waals surface area contributed by atoms with E-state index in [-0.39, 0.29) is 18.8 Å². The van der Waals surface area contributed by atoms with E-state index >= 15 is 0 Å². The van der Waals surface area contributed by atoms with Crippen LogP contribution < -0.4 is 15.4 Å². The maximum atomic E-state index is 12.5. The molecule has 1 atom stereocenters. The van der Waals surface area contributed by atoms with Crippen LogP contribution in [0.4, 0.5) is 0 Å². The van der Waals surface area contributed by atoms with E-state index in [9.17, 15) is 9.59 Å². The highest BCUT2D eigenvalue weighted by atomic mass is 16.5. The molecule has 0 aliphatic heterocycles. The van der Waals surface area contributed by atoms with Crippen molar-refractivity contribution in [3.8, 4) is 5.75 Å². The molecule has 0 fully saturated rings. The summed E-state index contributed by atoms with van der Waals surface area (Å²) in [4.78, 5) is 24.5. The van der Waals surface area contributed by atoms with Crippen LogP contribution in [0.2, 0.25) is 0 Å². The zero-order valence-corrected chi connectivity index (χ0v) is 18.0. The van der Waals surface area contributed by atoms with E-state index in [0.29, 0.717) is 11.3 Å². The summed E-state index contributed by atoms with van der Waals surface area (Å²) in [7, 11) is -0.0746. The van der Waals surface area contributed by atoms with Crippen molar-refractivity contribution in [1.82, 2.24) is 10.6 Å². The molecule has 2 amide bonds. The zero-order valence-electron chi connectivity index (χ0n) is 18.0. The summed E-state index contributed by atoms with van der Waals surface area (Å²) >= 11 is 0. The number of hydrogen-bond donors (Lipinski definition) is 4. The Labute approximate surface area is 178 Å². The highest BCUT2D eigenvalue weighted by Crippen LogP contribution is 2.21. The van der Waals surface area contributed by atoms with Crippen LogP contribution in [0.25, 0.3) is 0 Å². The van der Waals surface area contributed by atoms with E-state index in [1.54, 1.807) is 55.6 Å². The van der Waals surface area contributed by atoms with E-state index < -0.39 is 19.1 Å². The number of methoxy groups -OCH3 is 1. The van der Waals surface area contributed by atoms with Gasteiger partial charge in [-0.05, 0) is 35.7 Å². The van der Waals surface area contributed by atoms with Gasteiger partial charge in [0, 0.05) is 5.56 Å². The Morgan fingerprint density at radius 2 is 1.57 bits per heavy atom. The minimum Gasteiger partial charge on any atom is -0.497 e. The summed E-state index contributed by atoms with van der Waals surface area (Å²) in [5.41, 5.74) is 1.21. The Hall–Kier alpha value is -2.84. The van der Waals surface area contributed by atoms with E-state index in [4.69, 9.17) is 14.8 Å². The third kappa shape index (κ3) is 10.1. The van der Waals surface area contributed by atoms with Crippen LogP contribution in [0, 0.1) is 5.92 Å². The van der Waals surface area contributed by atoms with Gasteiger partial charge >= 0.3 is 7.12 Å². The molecule has 30 heavy (non-hydrogen) atoms. The third-order valence-corrected chi connectivity index (χ3v) is 3.73. The van der Waals surface area contributed by atoms with Gasteiger partial charge in [-0.2, -0.15) is 0 Å². The van der Waals surface area contributed by atoms with Crippen molar-refractivity contribution in [2.24, 2.45) is 5.92 Å². The Morgan fingerprint density at radius 1 is 1.00 bits per heavy atom. The normalized spacial score (nSPS) is 11.0. The Bertz CT molecular complexity index is 764. The number of amides is 2. The standard InChI is InChI=1S/C18H21BN2O5.C4H10/c1-26-15-9-7-13(8-10-15)16(11-17(22)20-12-19(24)25)21-18(23)14-5-3-2-4-6-14;1-4(2)3/h2-10,16,24-25H,11-12H2,1H3,(H,20,22)(H,21,23);4H,1-3H3. The molecular weight excluding hydrogens is 383 g/mol. The van der Waals surface area contributed by atoms with Gasteiger partial charge in [0.2, 0.25) is 5.91 Å². The number of ether oxygens (including phenoxy) is 1. The molecule has 162 valence electrons. The van der Waals surface area contributed by atoms with Gasteiger partial charge in [-0.3, -0.25) is 9.59 Å². The van der Waals surface area contributed by atoms with Gasteiger partial charge in [0.05, 0.1) is 26.0 Å². The molecule has 0 bridgehead atoms. The number of rotatable bonds is 8. The average molecular weight is 414 g/mol. The molecule has 7 nitrogen and oxygen atoms in total. The van der Waals surface area contributed by atoms with Gasteiger partial charge in [-0.1, -0.05) is 51.1 Å². The fourth-order valence-corrected chi connectivity index (χ4v) is 2.38. The molecule has 2 rings (SSSR count). The molecule has 0 aromatic heterocycles. The number of carbonyl (C=O) groups excluding carboxylic acids is 2. The van der Waals surface area contributed by atoms with Crippen LogP contribution in [-0.2, 0) is 4.79 Å². The molecule has 4 N–H and O–H groups in total. The van der Waals surface area contributed by atoms with Crippen LogP contribution in [-0.4, -0.2) is 42.5 Å². The van der Waals surface area contributed by atoms with Gasteiger partial charge in [0.25, 0.3) is 5.91 Å². The second-order valence-corrected chi connectivity index (χ2v) is 7.39. The molecule has 0 saturated heterocycles. The van der Waals surface area contributed by atoms with Crippen LogP contribution in [0.5, 0.6) is 5.75 Å². The lowest BCUT2D eigenvalue weighted by Gasteiger charge is -2.19. The van der Waals surface area contributed by atoms with E-state index in [1.165, 1.54) is 0 Å². The summed E-state index contributed by atoms with van der Waals surface area (Å²) in [6.07, 6.45) is -0.321. The molecule has 0 saturated carbocycles. The summed E-state index contributed by atoms with van der Waals surface area (Å²) in [6.45, 7) is 6.50. The van der Waals surface area contributed by atoms with E-state index in [2.05, 4.69) is 31.4 Å². The maximum absolute atomic E-state index is 12.5. The molecule has 0 spiro atoms. The largest absolute Gasteiger partial charge is 0.497 e. The number of carbonyl (C=O) groups is 2. The Morgan fingerprint density at radius 3 is 2.07 bits per heavy atom. The third-order valence-electron chi connectivity index (χ3n) is 3.73. The molecule has 2 aromatic rings. The van der Waals surface area contributed by atoms with Gasteiger partial charge < -0.3 is 25.4 Å². The lowest BCUT2D eigenvalue weighted by atomic mass is 9.92. The van der Waals surface area contributed by atoms with Crippen LogP contribution >= 0.6 is 0 Å². The van der Waals surface area contributed by atoms with Crippen molar-refractivity contribution in [2.45, 2.75) is 33.2 Å². The minimum absolute atomic E-state index is 0.0440. The van der Waals surface area contributed by atoms with Crippen molar-refractivity contribution >= 4 is 18.9 Å². The molecule has 8 heteroatoms. The second-order valence-electron chi connectivity index (χ2n) is 7.39. The fraction of sp³-hybridized carbons (Fsp3) is 0.364. The predicted octanol–water partition coefficient (Wildman–Crippen LogP) is 2.35. The quantitative estimate of drug-likeness (QED) is 0.496. The van der Waals surface area contributed by atoms with Crippen LogP contribution in [0.15, 0.2) is 54.6 Å². The lowest BCUT2D eigenvalue weighted by Crippen LogP contribution is -2.38. The van der Waals surface area contributed by atoms with E-state index in [0.717, 1.165) is 11.5 Å². The number of benzene rings is 2. The first-order chi connectivity index (χ1) is 14.2. The number of nitrogens with one attached hydrogen (secondary N) is 2. The zero-order chi connectivity index (χ0) is 22.5. The summed E-state index contributed by atoms with van der Waals surface area (Å²) in [6, 6.07) is 15.1. The number of hydrogen-bond acceptors (Lipinski definition) is 5. The smallest absolute Gasteiger partial charge is 0.472 e. The van der Waals surface area contributed by atoms with Gasteiger partial charge in [-0.15, -0.1) is 0 Å². The minimum atomic E-state index is -1.63. The van der Waals surface area contributed by atoms with Gasteiger partial charge in [-0.25, -0.2) is 0 Å². The highest BCUT2D eigenvalue weighted by Gasteiger charge is 2.20. The first-order valence-electron chi connectivity index (χ1n) is 9.85. The van der Waals surface area contributed by atoms with Crippen LogP contribution in [0.1, 0.15) is 49.2 Å². The monoisotopic (exact) mass is 414 g/mol. The summed E-state index contributed by atoms with van der Waals surface area (Å²) in [5.74, 6) is 0.781. The lowest BCUT2D eigenvalue weighted by molar-refractivity contribution is -0.121. The van der Waals surface area contributed by atoms with Crippen LogP contribution in [0.3, 0.4) is 0 Å². The van der Waals surface area contributed by atoms with Crippen molar-refractivity contribution in [1.29, 1.82) is 0 Å². The van der Waals surface area contributed by atoms with Gasteiger partial charge in [0.15, 0.2) is 0 Å². The maximum Gasteiger partial charge on any atom is 0.472 e. The molecule has 1 unspecified atom stereocenters. The highest BCUT2D eigenvalue weighted by molar-refractivity contribution is 6.41. The molecule has 2 aromatic carbocycles. The molecular formula is C22H31BN2O5. The fourth-order valence-electron chi connectivity index (χ4n) is 2.38. The van der Waals surface area contributed by atoms with Crippen molar-refractivity contribution in [3.05, 3.63) is 65.7 Å². The van der Waals surface area contributed by atoms with E-state index in [1.807, 2.05) is 6.07 Å². The van der Waals surface area contributed by atoms with Crippen molar-refractivity contribution in [3.63, 3.8) is 0 Å². The average Bonchev–Trinajstić information content (AvgIpc) is 2.72. The Balaban J connectivity index is 0.00000103. The molecule has 0 aliphatic carbocycles. The first kappa shape index (κ1) is 25.2. The SMILES string of the molecule is CC(C)C.COc1ccc(C(CC(=O)NCB(O)O)NC(=O)c2ccccc2)cc1. The second kappa shape index (κ2) is 13.4. The molecule has 0 heterocycles. The summed E-state index contributed by atoms with van der Waals surface area (Å²) < 4.78 is 5.12. The predicted molar refractivity (Wildman–Crippen MR) is 118 cm³/mol. The van der Waals surface area contributed by atoms with Crippen molar-refractivity contribution in [2.75, 3.05) is 13.6 Å².